The third-order valence-electron chi connectivity index (χ3n) is 2.37. The molecule has 0 spiro atoms. The van der Waals surface area contributed by atoms with Crippen LogP contribution in [0.4, 0.5) is 0 Å². The van der Waals surface area contributed by atoms with E-state index in [2.05, 4.69) is 0 Å². The molecule has 1 N–H and O–H groups in total. The van der Waals surface area contributed by atoms with Crippen molar-refractivity contribution in [2.24, 2.45) is 0 Å². The number of carboxylic acids is 1. The molecule has 0 saturated carbocycles. The maximum absolute atomic E-state index is 10.6. The van der Waals surface area contributed by atoms with Gasteiger partial charge in [-0.05, 0) is 24.6 Å². The van der Waals surface area contributed by atoms with Gasteiger partial charge in [0.25, 0.3) is 0 Å². The summed E-state index contributed by atoms with van der Waals surface area (Å²) < 4.78 is 10.4. The van der Waals surface area contributed by atoms with Crippen molar-refractivity contribution in [3.8, 4) is 11.5 Å². The summed E-state index contributed by atoms with van der Waals surface area (Å²) in [6, 6.07) is 5.56. The predicted molar refractivity (Wildman–Crippen MR) is 63.0 cm³/mol. The smallest absolute Gasteiger partial charge is 0.331 e. The third-order valence-corrected chi connectivity index (χ3v) is 2.37. The van der Waals surface area contributed by atoms with Crippen LogP contribution < -0.4 is 9.47 Å². The molecule has 88 valence electrons. The van der Waals surface area contributed by atoms with E-state index < -0.39 is 5.97 Å². The number of carboxylic acid groups (broad SMARTS) is 1. The molecule has 0 unspecified atom stereocenters. The number of carbonyl (C=O) groups is 1. The number of benzene rings is 1. The van der Waals surface area contributed by atoms with E-state index in [0.29, 0.717) is 11.3 Å². The van der Waals surface area contributed by atoms with Crippen molar-refractivity contribution >= 4 is 12.0 Å². The van der Waals surface area contributed by atoms with Crippen LogP contribution >= 0.6 is 0 Å². The molecule has 0 amide bonds. The summed E-state index contributed by atoms with van der Waals surface area (Å²) in [5.41, 5.74) is 1.23. The molecular formula is C13H12O4. The van der Waals surface area contributed by atoms with Gasteiger partial charge < -0.3 is 14.6 Å². The molecule has 17 heavy (non-hydrogen) atoms. The van der Waals surface area contributed by atoms with Gasteiger partial charge in [-0.3, -0.25) is 0 Å². The Morgan fingerprint density at radius 2 is 2.12 bits per heavy atom. The summed E-state index contributed by atoms with van der Waals surface area (Å²) in [5.74, 6) is 0.533. The highest BCUT2D eigenvalue weighted by Gasteiger charge is 2.11. The highest BCUT2D eigenvalue weighted by molar-refractivity contribution is 5.86. The lowest BCUT2D eigenvalue weighted by Crippen LogP contribution is -1.94. The second-order valence-corrected chi connectivity index (χ2v) is 3.63. The van der Waals surface area contributed by atoms with Crippen molar-refractivity contribution in [2.45, 2.75) is 6.92 Å². The first-order valence-electron chi connectivity index (χ1n) is 5.15. The van der Waals surface area contributed by atoms with Crippen molar-refractivity contribution in [3.05, 3.63) is 41.5 Å². The minimum absolute atomic E-state index is 0.251. The zero-order valence-corrected chi connectivity index (χ0v) is 9.34. The Balaban J connectivity index is 2.12. The van der Waals surface area contributed by atoms with Gasteiger partial charge in [-0.25, -0.2) is 4.79 Å². The molecule has 0 radical (unpaired) electrons. The van der Waals surface area contributed by atoms with Crippen molar-refractivity contribution < 1.29 is 19.4 Å². The molecule has 0 saturated heterocycles. The second kappa shape index (κ2) is 4.74. The molecule has 1 heterocycles. The van der Waals surface area contributed by atoms with Gasteiger partial charge in [0.05, 0.1) is 0 Å². The maximum atomic E-state index is 10.6. The summed E-state index contributed by atoms with van der Waals surface area (Å²) in [5, 5.41) is 8.67. The van der Waals surface area contributed by atoms with E-state index in [0.717, 1.165) is 11.3 Å². The van der Waals surface area contributed by atoms with Gasteiger partial charge in [0.2, 0.25) is 6.79 Å². The van der Waals surface area contributed by atoms with Crippen LogP contribution in [0.5, 0.6) is 11.5 Å². The van der Waals surface area contributed by atoms with E-state index in [1.807, 2.05) is 24.3 Å². The van der Waals surface area contributed by atoms with Gasteiger partial charge in [-0.15, -0.1) is 0 Å². The normalized spacial score (nSPS) is 14.3. The zero-order valence-electron chi connectivity index (χ0n) is 9.34. The fourth-order valence-corrected chi connectivity index (χ4v) is 1.39. The molecule has 1 aliphatic heterocycles. The minimum Gasteiger partial charge on any atom is -0.478 e. The van der Waals surface area contributed by atoms with E-state index in [-0.39, 0.29) is 6.79 Å². The Bertz CT molecular complexity index is 500. The Morgan fingerprint density at radius 1 is 1.35 bits per heavy atom. The molecule has 1 aromatic rings. The van der Waals surface area contributed by atoms with Crippen molar-refractivity contribution in [1.29, 1.82) is 0 Å². The molecule has 2 rings (SSSR count). The van der Waals surface area contributed by atoms with E-state index in [9.17, 15) is 4.79 Å². The summed E-state index contributed by atoms with van der Waals surface area (Å²) >= 11 is 0. The van der Waals surface area contributed by atoms with Crippen LogP contribution in [0.25, 0.3) is 6.08 Å². The first-order chi connectivity index (χ1) is 8.16. The van der Waals surface area contributed by atoms with E-state index in [4.69, 9.17) is 14.6 Å². The predicted octanol–water partition coefficient (Wildman–Crippen LogP) is 2.46. The monoisotopic (exact) mass is 232 g/mol. The number of hydrogen-bond donors (Lipinski definition) is 1. The average molecular weight is 232 g/mol. The lowest BCUT2D eigenvalue weighted by Gasteiger charge is -1.96. The number of allylic oxidation sites excluding steroid dienone is 2. The standard InChI is InChI=1S/C13H12O4/c1-9(13(14)15)3-2-4-10-5-6-11-12(7-10)17-8-16-11/h2-7H,8H2,1H3,(H,14,15)/b4-2+,9-3+. The summed E-state index contributed by atoms with van der Waals surface area (Å²) in [6.45, 7) is 1.80. The number of rotatable bonds is 3. The quantitative estimate of drug-likeness (QED) is 0.642. The lowest BCUT2D eigenvalue weighted by atomic mass is 10.2. The summed E-state index contributed by atoms with van der Waals surface area (Å²) in [7, 11) is 0. The molecule has 0 aliphatic carbocycles. The van der Waals surface area contributed by atoms with Gasteiger partial charge in [-0.1, -0.05) is 24.3 Å². The Hall–Kier alpha value is -2.23. The van der Waals surface area contributed by atoms with Gasteiger partial charge >= 0.3 is 5.97 Å². The molecule has 0 aromatic heterocycles. The van der Waals surface area contributed by atoms with Crippen LogP contribution in [0.1, 0.15) is 12.5 Å². The first kappa shape index (κ1) is 11.3. The Labute approximate surface area is 98.8 Å². The number of fused-ring (bicyclic) bond motifs is 1. The van der Waals surface area contributed by atoms with Crippen LogP contribution in [0, 0.1) is 0 Å². The molecule has 0 bridgehead atoms. The van der Waals surface area contributed by atoms with Crippen LogP contribution in [0.3, 0.4) is 0 Å². The highest BCUT2D eigenvalue weighted by atomic mass is 16.7. The molecule has 4 nitrogen and oxygen atoms in total. The lowest BCUT2D eigenvalue weighted by molar-refractivity contribution is -0.132. The van der Waals surface area contributed by atoms with Gasteiger partial charge in [-0.2, -0.15) is 0 Å². The maximum Gasteiger partial charge on any atom is 0.331 e. The summed E-state index contributed by atoms with van der Waals surface area (Å²) in [4.78, 5) is 10.6. The number of aliphatic carboxylic acids is 1. The molecule has 1 aliphatic rings. The van der Waals surface area contributed by atoms with E-state index in [1.165, 1.54) is 0 Å². The van der Waals surface area contributed by atoms with Crippen molar-refractivity contribution in [2.75, 3.05) is 6.79 Å². The Morgan fingerprint density at radius 3 is 2.88 bits per heavy atom. The molecular weight excluding hydrogens is 220 g/mol. The van der Waals surface area contributed by atoms with Crippen LogP contribution in [-0.2, 0) is 4.79 Å². The average Bonchev–Trinajstić information content (AvgIpc) is 2.75. The molecule has 4 heteroatoms. The third kappa shape index (κ3) is 2.66. The summed E-state index contributed by atoms with van der Waals surface area (Å²) in [6.07, 6.45) is 5.06. The minimum atomic E-state index is -0.916. The Kier molecular flexibility index (Phi) is 3.14. The van der Waals surface area contributed by atoms with Crippen molar-refractivity contribution in [3.63, 3.8) is 0 Å². The fourth-order valence-electron chi connectivity index (χ4n) is 1.39. The van der Waals surface area contributed by atoms with E-state index in [1.54, 1.807) is 19.1 Å². The first-order valence-corrected chi connectivity index (χ1v) is 5.15. The van der Waals surface area contributed by atoms with E-state index >= 15 is 0 Å². The SMILES string of the molecule is C/C(=C\C=C\c1ccc2c(c1)OCO2)C(=O)O. The largest absolute Gasteiger partial charge is 0.478 e. The van der Waals surface area contributed by atoms with Gasteiger partial charge in [0.15, 0.2) is 11.5 Å². The zero-order chi connectivity index (χ0) is 12.3. The van der Waals surface area contributed by atoms with Crippen LogP contribution in [0.2, 0.25) is 0 Å². The van der Waals surface area contributed by atoms with Crippen molar-refractivity contribution in [1.82, 2.24) is 0 Å². The van der Waals surface area contributed by atoms with Gasteiger partial charge in [0, 0.05) is 5.57 Å². The van der Waals surface area contributed by atoms with Crippen LogP contribution in [0.15, 0.2) is 35.9 Å². The number of ether oxygens (including phenoxy) is 2. The number of hydrogen-bond acceptors (Lipinski definition) is 3. The fraction of sp³-hybridized carbons (Fsp3) is 0.154. The highest BCUT2D eigenvalue weighted by Crippen LogP contribution is 2.32. The molecule has 1 aromatic carbocycles. The van der Waals surface area contributed by atoms with Crippen LogP contribution in [-0.4, -0.2) is 17.9 Å². The molecule has 0 atom stereocenters. The van der Waals surface area contributed by atoms with Gasteiger partial charge in [0.1, 0.15) is 0 Å². The topological polar surface area (TPSA) is 55.8 Å². The second-order valence-electron chi connectivity index (χ2n) is 3.63. The molecule has 0 fully saturated rings.